The molecule has 2 atom stereocenters. The van der Waals surface area contributed by atoms with Crippen LogP contribution in [0.3, 0.4) is 0 Å². The maximum absolute atomic E-state index is 10.4. The van der Waals surface area contributed by atoms with Crippen LogP contribution in [0.5, 0.6) is 11.5 Å². The topological polar surface area (TPSA) is 74.1 Å². The molecule has 0 bridgehead atoms. The van der Waals surface area contributed by atoms with Gasteiger partial charge in [-0.1, -0.05) is 19.6 Å². The van der Waals surface area contributed by atoms with Crippen molar-refractivity contribution >= 4 is 11.9 Å². The number of allylic oxidation sites excluding steroid dienone is 5. The van der Waals surface area contributed by atoms with Crippen LogP contribution in [0.15, 0.2) is 65.0 Å². The number of aliphatic hydroxyl groups excluding tert-OH is 1. The van der Waals surface area contributed by atoms with Crippen LogP contribution in [0, 0.1) is 5.92 Å². The molecule has 1 unspecified atom stereocenters. The van der Waals surface area contributed by atoms with E-state index < -0.39 is 0 Å². The predicted molar refractivity (Wildman–Crippen MR) is 121 cm³/mol. The molecule has 0 aromatic heterocycles. The van der Waals surface area contributed by atoms with Crippen LogP contribution < -0.4 is 10.1 Å². The van der Waals surface area contributed by atoms with E-state index in [1.54, 1.807) is 25.4 Å². The Morgan fingerprint density at radius 2 is 2.14 bits per heavy atom. The van der Waals surface area contributed by atoms with Gasteiger partial charge in [0, 0.05) is 42.4 Å². The van der Waals surface area contributed by atoms with Gasteiger partial charge >= 0.3 is 0 Å². The number of aromatic hydroxyl groups is 1. The van der Waals surface area contributed by atoms with Crippen molar-refractivity contribution in [3.8, 4) is 11.5 Å². The number of benzene rings is 1. The van der Waals surface area contributed by atoms with Crippen molar-refractivity contribution < 1.29 is 14.9 Å². The summed E-state index contributed by atoms with van der Waals surface area (Å²) in [6.45, 7) is 12.7. The highest BCUT2D eigenvalue weighted by molar-refractivity contribution is 5.64. The molecule has 1 aliphatic rings. The van der Waals surface area contributed by atoms with E-state index in [1.807, 2.05) is 38.1 Å². The molecule has 1 aromatic carbocycles. The largest absolute Gasteiger partial charge is 0.513 e. The smallest absolute Gasteiger partial charge is 0.142 e. The van der Waals surface area contributed by atoms with Crippen LogP contribution in [0.25, 0.3) is 0 Å². The molecule has 156 valence electrons. The van der Waals surface area contributed by atoms with Crippen molar-refractivity contribution in [2.24, 2.45) is 10.9 Å². The van der Waals surface area contributed by atoms with Gasteiger partial charge in [0.2, 0.25) is 0 Å². The van der Waals surface area contributed by atoms with Crippen molar-refractivity contribution in [2.45, 2.75) is 40.0 Å². The van der Waals surface area contributed by atoms with Crippen molar-refractivity contribution in [3.63, 3.8) is 0 Å². The molecule has 0 saturated heterocycles. The van der Waals surface area contributed by atoms with Gasteiger partial charge < -0.3 is 20.3 Å². The molecular weight excluding hydrogens is 364 g/mol. The molecule has 0 fully saturated rings. The van der Waals surface area contributed by atoms with Gasteiger partial charge in [-0.25, -0.2) is 0 Å². The van der Waals surface area contributed by atoms with Gasteiger partial charge in [-0.3, -0.25) is 4.99 Å². The summed E-state index contributed by atoms with van der Waals surface area (Å²) in [5.41, 5.74) is 3.66. The number of hydrogen-bond acceptors (Lipinski definition) is 5. The summed E-state index contributed by atoms with van der Waals surface area (Å²) < 4.78 is 5.97. The molecule has 1 aromatic rings. The lowest BCUT2D eigenvalue weighted by Gasteiger charge is -2.35. The zero-order valence-corrected chi connectivity index (χ0v) is 17.8. The first-order valence-corrected chi connectivity index (χ1v) is 9.99. The molecule has 5 nitrogen and oxygen atoms in total. The minimum atomic E-state index is 0.0326. The van der Waals surface area contributed by atoms with Crippen molar-refractivity contribution in [1.82, 2.24) is 0 Å². The Labute approximate surface area is 173 Å². The lowest BCUT2D eigenvalue weighted by molar-refractivity contribution is 0.200. The lowest BCUT2D eigenvalue weighted by atomic mass is 9.75. The average molecular weight is 397 g/mol. The van der Waals surface area contributed by atoms with Crippen LogP contribution >= 0.6 is 0 Å². The second kappa shape index (κ2) is 10.6. The number of anilines is 1. The van der Waals surface area contributed by atoms with Crippen LogP contribution in [0.1, 0.15) is 45.6 Å². The van der Waals surface area contributed by atoms with Gasteiger partial charge in [-0.2, -0.15) is 0 Å². The standard InChI is InChI=1S/C24H32N2O3/c1-6-16(4)19(12-17(5)27)24-18(7-2)15-29-23-14-22(28)21(13-20(23)24)26-11-9-10-25-8-3/h6,8-10,12-14,18,24,26-28H,1,7,11,15H2,2-5H3/b10-9-,17-12+,19-16+,25-8?/t18?,24-/m1/s1. The number of aliphatic imine (C=N–C) groups is 1. The quantitative estimate of drug-likeness (QED) is 0.222. The number of ether oxygens (including phenoxy) is 1. The molecule has 0 radical (unpaired) electrons. The van der Waals surface area contributed by atoms with E-state index in [2.05, 4.69) is 23.8 Å². The Hall–Kier alpha value is -2.95. The SMILES string of the molecule is C=C/C(C)=C(\C=C(/C)O)[C@@H]1c2cc(NC/C=C\N=CC)c(O)cc2OCC1CC. The lowest BCUT2D eigenvalue weighted by Crippen LogP contribution is -2.27. The number of phenols is 1. The minimum absolute atomic E-state index is 0.0326. The number of rotatable bonds is 8. The predicted octanol–water partition coefficient (Wildman–Crippen LogP) is 5.88. The van der Waals surface area contributed by atoms with E-state index in [0.29, 0.717) is 24.6 Å². The second-order valence-corrected chi connectivity index (χ2v) is 7.17. The molecule has 1 heterocycles. The highest BCUT2D eigenvalue weighted by atomic mass is 16.5. The van der Waals surface area contributed by atoms with Gasteiger partial charge in [0.1, 0.15) is 11.5 Å². The summed E-state index contributed by atoms with van der Waals surface area (Å²) >= 11 is 0. The first kappa shape index (κ1) is 22.3. The first-order chi connectivity index (χ1) is 13.9. The Bertz CT molecular complexity index is 846. The molecule has 2 rings (SSSR count). The molecule has 5 heteroatoms. The third-order valence-electron chi connectivity index (χ3n) is 5.12. The summed E-state index contributed by atoms with van der Waals surface area (Å²) in [6.07, 6.45) is 9.86. The second-order valence-electron chi connectivity index (χ2n) is 7.17. The monoisotopic (exact) mass is 396 g/mol. The fourth-order valence-electron chi connectivity index (χ4n) is 3.58. The molecule has 3 N–H and O–H groups in total. The molecule has 29 heavy (non-hydrogen) atoms. The molecule has 0 saturated carbocycles. The van der Waals surface area contributed by atoms with Crippen LogP contribution in [-0.4, -0.2) is 29.6 Å². The third kappa shape index (κ3) is 5.53. The van der Waals surface area contributed by atoms with Gasteiger partial charge in [0.25, 0.3) is 0 Å². The van der Waals surface area contributed by atoms with Crippen LogP contribution in [0.4, 0.5) is 5.69 Å². The van der Waals surface area contributed by atoms with Crippen molar-refractivity contribution in [2.75, 3.05) is 18.5 Å². The number of phenolic OH excluding ortho intramolecular Hbond substituents is 1. The first-order valence-electron chi connectivity index (χ1n) is 9.99. The number of nitrogens with zero attached hydrogens (tertiary/aromatic N) is 1. The summed E-state index contributed by atoms with van der Waals surface area (Å²) in [7, 11) is 0. The molecular formula is C24H32N2O3. The highest BCUT2D eigenvalue weighted by Gasteiger charge is 2.33. The maximum Gasteiger partial charge on any atom is 0.142 e. The summed E-state index contributed by atoms with van der Waals surface area (Å²) in [6, 6.07) is 3.62. The van der Waals surface area contributed by atoms with E-state index in [1.165, 1.54) is 0 Å². The summed E-state index contributed by atoms with van der Waals surface area (Å²) in [5.74, 6) is 1.35. The van der Waals surface area contributed by atoms with E-state index in [4.69, 9.17) is 4.74 Å². The van der Waals surface area contributed by atoms with E-state index in [0.717, 1.165) is 23.1 Å². The number of hydrogen-bond donors (Lipinski definition) is 3. The minimum Gasteiger partial charge on any atom is -0.513 e. The van der Waals surface area contributed by atoms with E-state index in [9.17, 15) is 10.2 Å². The Kier molecular flexibility index (Phi) is 8.13. The fraction of sp³-hybridized carbons (Fsp3) is 0.375. The van der Waals surface area contributed by atoms with Gasteiger partial charge in [0.05, 0.1) is 18.1 Å². The Morgan fingerprint density at radius 3 is 2.76 bits per heavy atom. The van der Waals surface area contributed by atoms with Crippen molar-refractivity contribution in [1.29, 1.82) is 0 Å². The highest BCUT2D eigenvalue weighted by Crippen LogP contribution is 2.47. The fourth-order valence-corrected chi connectivity index (χ4v) is 3.58. The van der Waals surface area contributed by atoms with Gasteiger partial charge in [-0.05, 0) is 56.6 Å². The number of nitrogens with one attached hydrogen (secondary N) is 1. The summed E-state index contributed by atoms with van der Waals surface area (Å²) in [4.78, 5) is 4.03. The Morgan fingerprint density at radius 1 is 1.38 bits per heavy atom. The zero-order chi connectivity index (χ0) is 21.4. The van der Waals surface area contributed by atoms with Crippen LogP contribution in [-0.2, 0) is 0 Å². The Balaban J connectivity index is 2.52. The maximum atomic E-state index is 10.4. The number of aliphatic hydroxyl groups is 1. The van der Waals surface area contributed by atoms with E-state index in [-0.39, 0.29) is 23.3 Å². The normalized spacial score (nSPS) is 20.3. The third-order valence-corrected chi connectivity index (χ3v) is 5.12. The van der Waals surface area contributed by atoms with Crippen molar-refractivity contribution in [3.05, 3.63) is 65.6 Å². The van der Waals surface area contributed by atoms with Gasteiger partial charge in [0.15, 0.2) is 0 Å². The molecule has 1 aliphatic heterocycles. The molecule has 0 amide bonds. The van der Waals surface area contributed by atoms with E-state index >= 15 is 0 Å². The molecule has 0 aliphatic carbocycles. The van der Waals surface area contributed by atoms with Crippen LogP contribution in [0.2, 0.25) is 0 Å². The summed E-state index contributed by atoms with van der Waals surface area (Å²) in [5, 5.41) is 23.7. The number of fused-ring (bicyclic) bond motifs is 1. The van der Waals surface area contributed by atoms with Gasteiger partial charge in [-0.15, -0.1) is 0 Å². The average Bonchev–Trinajstić information content (AvgIpc) is 2.70. The zero-order valence-electron chi connectivity index (χ0n) is 17.8. The molecule has 0 spiro atoms.